The molecule has 1 aliphatic rings. The number of unbranched alkanes of at least 4 members (excludes halogenated alkanes) is 6. The van der Waals surface area contributed by atoms with Gasteiger partial charge in [-0.05, 0) is 78.3 Å². The molecule has 0 N–H and O–H groups in total. The van der Waals surface area contributed by atoms with Gasteiger partial charge in [0.1, 0.15) is 0 Å². The molecular formula is C32H49N. The van der Waals surface area contributed by atoms with Gasteiger partial charge in [-0.2, -0.15) is 0 Å². The molecule has 0 heterocycles. The number of fused-ring (bicyclic) bond motifs is 1. The van der Waals surface area contributed by atoms with E-state index >= 15 is 0 Å². The highest BCUT2D eigenvalue weighted by Crippen LogP contribution is 2.43. The maximum absolute atomic E-state index is 4.01. The number of allylic oxidation sites excluding steroid dienone is 5. The second-order valence-corrected chi connectivity index (χ2v) is 10.4. The summed E-state index contributed by atoms with van der Waals surface area (Å²) >= 11 is 0. The third kappa shape index (κ3) is 8.36. The molecule has 0 unspecified atom stereocenters. The SMILES string of the molecule is C=C/C=C1/Cc2cc(N(CCCCC)CCCCCC=C)ccc2C=C1C(C)(C)CCCC. The molecule has 2 rings (SSSR count). The minimum atomic E-state index is 0.193. The molecule has 0 aromatic heterocycles. The van der Waals surface area contributed by atoms with Crippen LogP contribution in [-0.2, 0) is 6.42 Å². The van der Waals surface area contributed by atoms with Crippen LogP contribution in [0.25, 0.3) is 6.08 Å². The lowest BCUT2D eigenvalue weighted by molar-refractivity contribution is 0.397. The van der Waals surface area contributed by atoms with Crippen LogP contribution in [0, 0.1) is 5.41 Å². The van der Waals surface area contributed by atoms with Gasteiger partial charge in [0.05, 0.1) is 0 Å². The van der Waals surface area contributed by atoms with E-state index in [1.807, 2.05) is 12.2 Å². The topological polar surface area (TPSA) is 3.24 Å². The van der Waals surface area contributed by atoms with E-state index in [-0.39, 0.29) is 5.41 Å². The molecule has 0 saturated carbocycles. The molecule has 0 amide bonds. The highest BCUT2D eigenvalue weighted by molar-refractivity contribution is 5.70. The van der Waals surface area contributed by atoms with E-state index < -0.39 is 0 Å². The fraction of sp³-hybridized carbons (Fsp3) is 0.562. The summed E-state index contributed by atoms with van der Waals surface area (Å²) in [5, 5.41) is 0. The van der Waals surface area contributed by atoms with E-state index in [4.69, 9.17) is 0 Å². The van der Waals surface area contributed by atoms with Crippen molar-refractivity contribution in [2.75, 3.05) is 18.0 Å². The lowest BCUT2D eigenvalue weighted by Crippen LogP contribution is -2.26. The predicted molar refractivity (Wildman–Crippen MR) is 150 cm³/mol. The van der Waals surface area contributed by atoms with E-state index in [9.17, 15) is 0 Å². The smallest absolute Gasteiger partial charge is 0.0369 e. The maximum atomic E-state index is 4.01. The Labute approximate surface area is 205 Å². The first-order valence-corrected chi connectivity index (χ1v) is 13.5. The van der Waals surface area contributed by atoms with Gasteiger partial charge in [-0.3, -0.25) is 0 Å². The van der Waals surface area contributed by atoms with Gasteiger partial charge in [-0.1, -0.05) is 96.7 Å². The van der Waals surface area contributed by atoms with E-state index in [1.54, 1.807) is 0 Å². The second kappa shape index (κ2) is 14.3. The molecule has 0 radical (unpaired) electrons. The van der Waals surface area contributed by atoms with Crippen molar-refractivity contribution in [2.45, 2.75) is 98.3 Å². The Morgan fingerprint density at radius 3 is 2.33 bits per heavy atom. The Hall–Kier alpha value is -2.02. The van der Waals surface area contributed by atoms with Crippen LogP contribution in [0.3, 0.4) is 0 Å². The Morgan fingerprint density at radius 2 is 1.67 bits per heavy atom. The van der Waals surface area contributed by atoms with Gasteiger partial charge in [0, 0.05) is 18.8 Å². The number of anilines is 1. The highest BCUT2D eigenvalue weighted by Gasteiger charge is 2.28. The Morgan fingerprint density at radius 1 is 0.939 bits per heavy atom. The van der Waals surface area contributed by atoms with Crippen molar-refractivity contribution in [3.05, 3.63) is 71.9 Å². The summed E-state index contributed by atoms with van der Waals surface area (Å²) in [6.45, 7) is 19.6. The zero-order valence-corrected chi connectivity index (χ0v) is 22.1. The van der Waals surface area contributed by atoms with E-state index in [1.165, 1.54) is 85.7 Å². The van der Waals surface area contributed by atoms with Gasteiger partial charge in [0.2, 0.25) is 0 Å². The van der Waals surface area contributed by atoms with Gasteiger partial charge >= 0.3 is 0 Å². The van der Waals surface area contributed by atoms with Crippen molar-refractivity contribution in [1.82, 2.24) is 0 Å². The van der Waals surface area contributed by atoms with Crippen LogP contribution in [0.4, 0.5) is 5.69 Å². The lowest BCUT2D eigenvalue weighted by atomic mass is 9.71. The summed E-state index contributed by atoms with van der Waals surface area (Å²) in [6, 6.07) is 7.20. The molecule has 1 aliphatic carbocycles. The first-order valence-electron chi connectivity index (χ1n) is 13.5. The fourth-order valence-corrected chi connectivity index (χ4v) is 5.00. The zero-order valence-electron chi connectivity index (χ0n) is 22.1. The summed E-state index contributed by atoms with van der Waals surface area (Å²) < 4.78 is 0. The van der Waals surface area contributed by atoms with Crippen LogP contribution in [0.5, 0.6) is 0 Å². The number of rotatable bonds is 16. The van der Waals surface area contributed by atoms with E-state index in [0.29, 0.717) is 0 Å². The monoisotopic (exact) mass is 447 g/mol. The third-order valence-electron chi connectivity index (χ3n) is 7.09. The van der Waals surface area contributed by atoms with Crippen LogP contribution in [-0.4, -0.2) is 13.1 Å². The normalized spacial score (nSPS) is 14.7. The van der Waals surface area contributed by atoms with Crippen LogP contribution in [0.1, 0.15) is 103 Å². The number of hydrogen-bond donors (Lipinski definition) is 0. The third-order valence-corrected chi connectivity index (χ3v) is 7.09. The molecule has 1 aromatic rings. The summed E-state index contributed by atoms with van der Waals surface area (Å²) in [4.78, 5) is 2.63. The number of benzene rings is 1. The van der Waals surface area contributed by atoms with Crippen molar-refractivity contribution in [3.63, 3.8) is 0 Å². The Kier molecular flexibility index (Phi) is 11.8. The maximum Gasteiger partial charge on any atom is 0.0369 e. The average Bonchev–Trinajstić information content (AvgIpc) is 2.81. The average molecular weight is 448 g/mol. The first kappa shape index (κ1) is 27.2. The molecule has 0 spiro atoms. The molecule has 0 saturated heterocycles. The Bertz CT molecular complexity index is 808. The lowest BCUT2D eigenvalue weighted by Gasteiger charge is -2.34. The molecule has 1 heteroatoms. The van der Waals surface area contributed by atoms with Crippen molar-refractivity contribution in [1.29, 1.82) is 0 Å². The van der Waals surface area contributed by atoms with Crippen molar-refractivity contribution in [2.24, 2.45) is 5.41 Å². The number of hydrogen-bond acceptors (Lipinski definition) is 1. The van der Waals surface area contributed by atoms with Crippen LogP contribution in [0.15, 0.2) is 60.7 Å². The van der Waals surface area contributed by atoms with Gasteiger partial charge in [-0.15, -0.1) is 6.58 Å². The van der Waals surface area contributed by atoms with Gasteiger partial charge < -0.3 is 4.90 Å². The molecule has 0 fully saturated rings. The minimum absolute atomic E-state index is 0.193. The van der Waals surface area contributed by atoms with Crippen molar-refractivity contribution < 1.29 is 0 Å². The van der Waals surface area contributed by atoms with Gasteiger partial charge in [-0.25, -0.2) is 0 Å². The van der Waals surface area contributed by atoms with E-state index in [0.717, 1.165) is 25.9 Å². The van der Waals surface area contributed by atoms with Crippen molar-refractivity contribution >= 4 is 11.8 Å². The molecule has 33 heavy (non-hydrogen) atoms. The fourth-order valence-electron chi connectivity index (χ4n) is 5.00. The predicted octanol–water partition coefficient (Wildman–Crippen LogP) is 9.70. The van der Waals surface area contributed by atoms with E-state index in [2.05, 4.69) is 76.1 Å². The van der Waals surface area contributed by atoms with Crippen LogP contribution < -0.4 is 4.90 Å². The van der Waals surface area contributed by atoms with Gasteiger partial charge in [0.25, 0.3) is 0 Å². The molecule has 0 aliphatic heterocycles. The summed E-state index contributed by atoms with van der Waals surface area (Å²) in [7, 11) is 0. The first-order chi connectivity index (χ1) is 16.0. The van der Waals surface area contributed by atoms with Gasteiger partial charge in [0.15, 0.2) is 0 Å². The molecular weight excluding hydrogens is 398 g/mol. The summed E-state index contributed by atoms with van der Waals surface area (Å²) in [6.07, 6.45) is 22.3. The zero-order chi connectivity index (χ0) is 24.1. The number of nitrogens with zero attached hydrogens (tertiary/aromatic N) is 1. The largest absolute Gasteiger partial charge is 0.372 e. The summed E-state index contributed by atoms with van der Waals surface area (Å²) in [5.74, 6) is 0. The highest BCUT2D eigenvalue weighted by atomic mass is 15.1. The standard InChI is InChI=1S/C32H49N/c1-7-11-14-15-17-23-33(22-16-12-8-2)30-20-19-27-26-31(32(5,6)21-13-9-3)28(18-10-4)24-29(27)25-30/h7,10,18-20,25-26H,1,4,8-9,11-17,21-24H2,2-3,5-6H3/b28-18-. The Balaban J connectivity index is 2.28. The van der Waals surface area contributed by atoms with Crippen LogP contribution >= 0.6 is 0 Å². The molecule has 0 atom stereocenters. The second-order valence-electron chi connectivity index (χ2n) is 10.4. The molecule has 1 nitrogen and oxygen atoms in total. The van der Waals surface area contributed by atoms with Crippen molar-refractivity contribution in [3.8, 4) is 0 Å². The minimum Gasteiger partial charge on any atom is -0.372 e. The quantitative estimate of drug-likeness (QED) is 0.180. The van der Waals surface area contributed by atoms with Crippen LogP contribution in [0.2, 0.25) is 0 Å². The molecule has 182 valence electrons. The molecule has 1 aromatic carbocycles. The molecule has 0 bridgehead atoms. The summed E-state index contributed by atoms with van der Waals surface area (Å²) in [5.41, 5.74) is 7.39.